The van der Waals surface area contributed by atoms with E-state index in [1.165, 1.54) is 33.4 Å². The van der Waals surface area contributed by atoms with Crippen LogP contribution in [0.15, 0.2) is 65.8 Å². The first kappa shape index (κ1) is 17.8. The van der Waals surface area contributed by atoms with Gasteiger partial charge in [-0.2, -0.15) is 10.2 Å². The molecular weight excluding hydrogens is 384 g/mol. The number of H-pyrrole nitrogens is 1. The van der Waals surface area contributed by atoms with E-state index in [1.807, 2.05) is 12.1 Å². The van der Waals surface area contributed by atoms with E-state index in [2.05, 4.69) is 50.5 Å². The average molecular weight is 400 g/mol. The lowest BCUT2D eigenvalue weighted by molar-refractivity contribution is 0.0697. The fourth-order valence-electron chi connectivity index (χ4n) is 3.37. The van der Waals surface area contributed by atoms with Gasteiger partial charge in [-0.3, -0.25) is 14.5 Å². The normalized spacial score (nSPS) is 11.3. The Kier molecular flexibility index (Phi) is 4.13. The van der Waals surface area contributed by atoms with Gasteiger partial charge in [0, 0.05) is 12.7 Å². The second-order valence-corrected chi connectivity index (χ2v) is 6.93. The van der Waals surface area contributed by atoms with Crippen LogP contribution in [0, 0.1) is 0 Å². The molecule has 0 spiro atoms. The Bertz CT molecular complexity index is 1460. The van der Waals surface area contributed by atoms with Crippen molar-refractivity contribution in [2.45, 2.75) is 13.0 Å². The summed E-state index contributed by atoms with van der Waals surface area (Å²) in [5, 5.41) is 19.7. The van der Waals surface area contributed by atoms with E-state index in [4.69, 9.17) is 5.11 Å². The van der Waals surface area contributed by atoms with Gasteiger partial charge in [0.25, 0.3) is 5.56 Å². The highest BCUT2D eigenvalue weighted by Crippen LogP contribution is 2.16. The Hall–Kier alpha value is -4.27. The van der Waals surface area contributed by atoms with Crippen molar-refractivity contribution in [3.8, 4) is 5.95 Å². The summed E-state index contributed by atoms with van der Waals surface area (Å²) < 4.78 is 2.91. The molecule has 0 radical (unpaired) electrons. The minimum Gasteiger partial charge on any atom is -0.478 e. The zero-order valence-electron chi connectivity index (χ0n) is 15.7. The standard InChI is InChI=1S/C21H16N6O3/c28-19-18-17(23-21(24-19)27-11-16(10-22-27)20(29)30)12-26(25-18)8-7-13-5-6-14-3-1-2-4-15(14)9-13/h1-6,9-12H,7-8H2,(H,29,30)(H,23,24,28). The fourth-order valence-corrected chi connectivity index (χ4v) is 3.37. The predicted molar refractivity (Wildman–Crippen MR) is 110 cm³/mol. The van der Waals surface area contributed by atoms with Crippen LogP contribution in [0.5, 0.6) is 0 Å². The molecule has 0 aliphatic rings. The molecule has 30 heavy (non-hydrogen) atoms. The van der Waals surface area contributed by atoms with Crippen LogP contribution in [-0.4, -0.2) is 40.6 Å². The monoisotopic (exact) mass is 400 g/mol. The largest absolute Gasteiger partial charge is 0.478 e. The molecular formula is C21H16N6O3. The van der Waals surface area contributed by atoms with E-state index in [1.54, 1.807) is 10.9 Å². The first-order valence-electron chi connectivity index (χ1n) is 9.30. The van der Waals surface area contributed by atoms with Crippen LogP contribution in [0.1, 0.15) is 15.9 Å². The molecule has 9 heteroatoms. The summed E-state index contributed by atoms with van der Waals surface area (Å²) in [7, 11) is 0. The highest BCUT2D eigenvalue weighted by atomic mass is 16.4. The fraction of sp³-hybridized carbons (Fsp3) is 0.0952. The van der Waals surface area contributed by atoms with Gasteiger partial charge in [0.1, 0.15) is 5.52 Å². The van der Waals surface area contributed by atoms with E-state index in [0.29, 0.717) is 12.1 Å². The molecule has 148 valence electrons. The van der Waals surface area contributed by atoms with Crippen molar-refractivity contribution in [2.75, 3.05) is 0 Å². The molecule has 5 rings (SSSR count). The van der Waals surface area contributed by atoms with Crippen LogP contribution in [-0.2, 0) is 13.0 Å². The maximum Gasteiger partial charge on any atom is 0.338 e. The van der Waals surface area contributed by atoms with E-state index >= 15 is 0 Å². The quantitative estimate of drug-likeness (QED) is 0.468. The van der Waals surface area contributed by atoms with Gasteiger partial charge in [-0.25, -0.2) is 14.5 Å². The lowest BCUT2D eigenvalue weighted by atomic mass is 10.1. The van der Waals surface area contributed by atoms with Gasteiger partial charge in [0.15, 0.2) is 5.52 Å². The second kappa shape index (κ2) is 6.96. The highest BCUT2D eigenvalue weighted by molar-refractivity contribution is 5.87. The molecule has 2 N–H and O–H groups in total. The zero-order valence-corrected chi connectivity index (χ0v) is 15.7. The van der Waals surface area contributed by atoms with E-state index in [-0.39, 0.29) is 17.0 Å². The van der Waals surface area contributed by atoms with Crippen molar-refractivity contribution in [1.82, 2.24) is 29.5 Å². The van der Waals surface area contributed by atoms with Crippen molar-refractivity contribution in [3.05, 3.63) is 82.5 Å². The maximum absolute atomic E-state index is 12.4. The van der Waals surface area contributed by atoms with Crippen LogP contribution in [0.2, 0.25) is 0 Å². The van der Waals surface area contributed by atoms with Gasteiger partial charge in [-0.05, 0) is 22.8 Å². The Labute approximate surface area is 169 Å². The molecule has 0 fully saturated rings. The summed E-state index contributed by atoms with van der Waals surface area (Å²) in [6.45, 7) is 0.592. The summed E-state index contributed by atoms with van der Waals surface area (Å²) in [5.41, 5.74) is 1.41. The van der Waals surface area contributed by atoms with Crippen molar-refractivity contribution >= 4 is 27.8 Å². The lowest BCUT2D eigenvalue weighted by Gasteiger charge is -2.04. The summed E-state index contributed by atoms with van der Waals surface area (Å²) >= 11 is 0. The van der Waals surface area contributed by atoms with Crippen LogP contribution in [0.4, 0.5) is 0 Å². The second-order valence-electron chi connectivity index (χ2n) is 6.93. The van der Waals surface area contributed by atoms with Gasteiger partial charge in [-0.15, -0.1) is 0 Å². The highest BCUT2D eigenvalue weighted by Gasteiger charge is 2.13. The van der Waals surface area contributed by atoms with Crippen molar-refractivity contribution in [2.24, 2.45) is 0 Å². The molecule has 9 nitrogen and oxygen atoms in total. The molecule has 0 aliphatic heterocycles. The number of carboxylic acid groups (broad SMARTS) is 1. The minimum absolute atomic E-state index is 0.00354. The Morgan fingerprint density at radius 3 is 2.73 bits per heavy atom. The van der Waals surface area contributed by atoms with Crippen LogP contribution < -0.4 is 5.56 Å². The third-order valence-corrected chi connectivity index (χ3v) is 4.90. The first-order chi connectivity index (χ1) is 14.6. The van der Waals surface area contributed by atoms with E-state index < -0.39 is 11.5 Å². The molecule has 3 aromatic heterocycles. The number of aromatic nitrogens is 6. The molecule has 2 aromatic carbocycles. The molecule has 3 heterocycles. The number of fused-ring (bicyclic) bond motifs is 2. The van der Waals surface area contributed by atoms with Gasteiger partial charge >= 0.3 is 5.97 Å². The summed E-state index contributed by atoms with van der Waals surface area (Å²) in [6, 6.07) is 14.5. The number of aromatic amines is 1. The van der Waals surface area contributed by atoms with Crippen molar-refractivity contribution in [1.29, 1.82) is 0 Å². The van der Waals surface area contributed by atoms with Gasteiger partial charge in [-0.1, -0.05) is 42.5 Å². The predicted octanol–water partition coefficient (Wildman–Crippen LogP) is 2.40. The number of hydrogen-bond acceptors (Lipinski definition) is 5. The van der Waals surface area contributed by atoms with Gasteiger partial charge in [0.05, 0.1) is 18.0 Å². The molecule has 0 atom stereocenters. The van der Waals surface area contributed by atoms with Gasteiger partial charge in [0.2, 0.25) is 5.95 Å². The van der Waals surface area contributed by atoms with Crippen molar-refractivity contribution < 1.29 is 9.90 Å². The van der Waals surface area contributed by atoms with E-state index in [9.17, 15) is 9.59 Å². The molecule has 0 aliphatic carbocycles. The first-order valence-corrected chi connectivity index (χ1v) is 9.30. The molecule has 5 aromatic rings. The Morgan fingerprint density at radius 1 is 1.10 bits per heavy atom. The number of hydrogen-bond donors (Lipinski definition) is 2. The summed E-state index contributed by atoms with van der Waals surface area (Å²) in [4.78, 5) is 30.4. The van der Waals surface area contributed by atoms with E-state index in [0.717, 1.165) is 6.42 Å². The SMILES string of the molecule is O=C(O)c1cnn(-c2nc3cn(CCc4ccc5ccccc5c4)nc3c(=O)[nH]2)c1. The zero-order chi connectivity index (χ0) is 20.7. The number of nitrogens with zero attached hydrogens (tertiary/aromatic N) is 5. The third kappa shape index (κ3) is 3.22. The molecule has 0 saturated heterocycles. The molecule has 0 bridgehead atoms. The minimum atomic E-state index is -1.11. The average Bonchev–Trinajstić information content (AvgIpc) is 3.39. The van der Waals surface area contributed by atoms with Crippen LogP contribution >= 0.6 is 0 Å². The number of aromatic carboxylic acids is 1. The maximum atomic E-state index is 12.4. The number of aryl methyl sites for hydroxylation is 2. The number of nitrogens with one attached hydrogen (secondary N) is 1. The van der Waals surface area contributed by atoms with Gasteiger partial charge < -0.3 is 5.11 Å². The summed E-state index contributed by atoms with van der Waals surface area (Å²) in [6.07, 6.45) is 4.94. The Balaban J connectivity index is 1.41. The molecule has 0 saturated carbocycles. The van der Waals surface area contributed by atoms with Crippen LogP contribution in [0.25, 0.3) is 27.8 Å². The number of carbonyl (C=O) groups is 1. The smallest absolute Gasteiger partial charge is 0.338 e. The lowest BCUT2D eigenvalue weighted by Crippen LogP contribution is -2.14. The topological polar surface area (TPSA) is 119 Å². The number of benzene rings is 2. The molecule has 0 unspecified atom stereocenters. The number of rotatable bonds is 5. The number of carboxylic acids is 1. The third-order valence-electron chi connectivity index (χ3n) is 4.90. The van der Waals surface area contributed by atoms with Crippen LogP contribution in [0.3, 0.4) is 0 Å². The summed E-state index contributed by atoms with van der Waals surface area (Å²) in [5.74, 6) is -0.972. The Morgan fingerprint density at radius 2 is 1.93 bits per heavy atom. The van der Waals surface area contributed by atoms with Crippen molar-refractivity contribution in [3.63, 3.8) is 0 Å². The molecule has 0 amide bonds.